The van der Waals surface area contributed by atoms with Gasteiger partial charge in [-0.05, 0) is 62.3 Å². The third kappa shape index (κ3) is 36.6. The van der Waals surface area contributed by atoms with Gasteiger partial charge in [0.1, 0.15) is 11.2 Å². The molecule has 3 heterocycles. The van der Waals surface area contributed by atoms with Gasteiger partial charge in [-0.1, -0.05) is 52.4 Å². The Labute approximate surface area is 335 Å². The first-order valence-corrected chi connectivity index (χ1v) is 17.1. The zero-order chi connectivity index (χ0) is 40.1. The van der Waals surface area contributed by atoms with Crippen molar-refractivity contribution < 1.29 is 88.4 Å². The van der Waals surface area contributed by atoms with Crippen LogP contribution < -0.4 is 34.9 Å². The monoisotopic (exact) mass is 818 g/mol. The number of aliphatic hydroxyl groups is 1. The van der Waals surface area contributed by atoms with Gasteiger partial charge in [0, 0.05) is 18.4 Å². The molecule has 3 aliphatic rings. The minimum Gasteiger partial charge on any atom is -1.00 e. The van der Waals surface area contributed by atoms with Crippen molar-refractivity contribution in [3.8, 4) is 0 Å². The van der Waals surface area contributed by atoms with Crippen LogP contribution in [-0.4, -0.2) is 134 Å². The summed E-state index contributed by atoms with van der Waals surface area (Å²) in [6.45, 7) is 22.5. The molecule has 0 aromatic carbocycles. The second-order valence-electron chi connectivity index (χ2n) is 12.5. The Bertz CT molecular complexity index is 1010. The molecule has 2 amide bonds. The van der Waals surface area contributed by atoms with Crippen molar-refractivity contribution in [2.45, 2.75) is 98.0 Å². The predicted molar refractivity (Wildman–Crippen MR) is 192 cm³/mol. The van der Waals surface area contributed by atoms with Crippen molar-refractivity contribution in [2.75, 3.05) is 65.0 Å². The van der Waals surface area contributed by atoms with Crippen molar-refractivity contribution in [3.05, 3.63) is 36.5 Å². The number of nitrogens with zero attached hydrogens (tertiary/aromatic N) is 2. The molecule has 0 bridgehead atoms. The topological polar surface area (TPSA) is 127 Å². The molecular weight excluding hydrogens is 757 g/mol. The maximum absolute atomic E-state index is 11.6. The summed E-state index contributed by atoms with van der Waals surface area (Å²) < 4.78 is 67.9. The van der Waals surface area contributed by atoms with E-state index >= 15 is 0 Å². The van der Waals surface area contributed by atoms with Crippen molar-refractivity contribution in [1.82, 2.24) is 15.1 Å². The number of halogens is 5. The fourth-order valence-electron chi connectivity index (χ4n) is 2.99. The average Bonchev–Trinajstić information content (AvgIpc) is 2.94. The minimum absolute atomic E-state index is 0. The number of aliphatic hydroxyl groups excluding tert-OH is 1. The molecule has 3 fully saturated rings. The summed E-state index contributed by atoms with van der Waals surface area (Å²) in [5.41, 5.74) is -0.869. The first-order valence-electron chi connectivity index (χ1n) is 16.7. The molecule has 17 heteroatoms. The van der Waals surface area contributed by atoms with Crippen LogP contribution >= 0.6 is 15.9 Å². The van der Waals surface area contributed by atoms with Crippen molar-refractivity contribution in [3.63, 3.8) is 0 Å². The maximum atomic E-state index is 11.6. The summed E-state index contributed by atoms with van der Waals surface area (Å²) in [6, 6.07) is 0. The number of alkyl halides is 5. The van der Waals surface area contributed by atoms with Gasteiger partial charge in [-0.3, -0.25) is 9.18 Å². The number of ether oxygens (including phenoxy) is 4. The SMILES string of the molecule is C/C=C/CBr.C/C=C/COC1CN(C(=O)OC(C)(C)C)C1.C/C=C/COC1CNC1.CC(C)(C)OC(=O)N1CC(O)C1.O=CC(F)(F)F.[2H]CF.[H-].[Na+]. The van der Waals surface area contributed by atoms with Crippen LogP contribution in [0.1, 0.15) is 65.1 Å². The first kappa shape index (κ1) is 53.8. The molecule has 0 saturated carbocycles. The number of carbonyl (C=O) groups excluding carboxylic acids is 3. The quantitative estimate of drug-likeness (QED) is 0.130. The number of aldehydes is 1. The van der Waals surface area contributed by atoms with E-state index in [1.807, 2.05) is 98.8 Å². The van der Waals surface area contributed by atoms with Gasteiger partial charge >= 0.3 is 47.9 Å². The van der Waals surface area contributed by atoms with Crippen molar-refractivity contribution in [2.24, 2.45) is 0 Å². The molecule has 0 spiro atoms. The summed E-state index contributed by atoms with van der Waals surface area (Å²) in [5.74, 6) is 0. The molecule has 0 aromatic heterocycles. The average molecular weight is 820 g/mol. The fraction of sp³-hybridized carbons (Fsp3) is 0.735. The number of rotatable bonds is 7. The zero-order valence-electron chi connectivity index (χ0n) is 33.9. The van der Waals surface area contributed by atoms with Crippen LogP contribution in [0.15, 0.2) is 36.5 Å². The summed E-state index contributed by atoms with van der Waals surface area (Å²) in [5, 5.41) is 13.0. The van der Waals surface area contributed by atoms with Gasteiger partial charge in [0.15, 0.2) is 0 Å². The van der Waals surface area contributed by atoms with Gasteiger partial charge in [0.05, 0.1) is 66.2 Å². The Balaban J connectivity index is -0.000000186. The molecule has 0 radical (unpaired) electrons. The van der Waals surface area contributed by atoms with Gasteiger partial charge < -0.3 is 40.6 Å². The Hall–Kier alpha value is -1.53. The number of β-amino-alcohol motifs (C(OH)–C–C–N with tert-alkyl or cyclic N) is 1. The van der Waals surface area contributed by atoms with E-state index in [9.17, 15) is 27.2 Å². The van der Waals surface area contributed by atoms with Crippen LogP contribution in [0.5, 0.6) is 0 Å². The predicted octanol–water partition coefficient (Wildman–Crippen LogP) is 3.75. The Kier molecular flexibility index (Phi) is 33.7. The molecule has 0 aliphatic carbocycles. The van der Waals surface area contributed by atoms with E-state index in [1.165, 1.54) is 4.90 Å². The maximum Gasteiger partial charge on any atom is 1.00 e. The summed E-state index contributed by atoms with van der Waals surface area (Å²) in [6.07, 6.45) is 5.96. The normalized spacial score (nSPS) is 16.3. The minimum atomic E-state index is -4.64. The number of amides is 2. The molecule has 0 unspecified atom stereocenters. The van der Waals surface area contributed by atoms with Gasteiger partial charge in [0.25, 0.3) is 0 Å². The second-order valence-corrected chi connectivity index (χ2v) is 13.2. The van der Waals surface area contributed by atoms with Gasteiger partial charge in [-0.15, -0.1) is 0 Å². The van der Waals surface area contributed by atoms with E-state index in [0.29, 0.717) is 38.9 Å². The zero-order valence-corrected chi connectivity index (χ0v) is 35.5. The Morgan fingerprint density at radius 1 is 0.843 bits per heavy atom. The molecule has 3 aliphatic heterocycles. The first-order chi connectivity index (χ1) is 23.6. The van der Waals surface area contributed by atoms with E-state index in [-0.39, 0.29) is 55.4 Å². The molecule has 11 nitrogen and oxygen atoms in total. The Morgan fingerprint density at radius 2 is 1.20 bits per heavy atom. The van der Waals surface area contributed by atoms with Crippen LogP contribution in [0.3, 0.4) is 0 Å². The molecule has 296 valence electrons. The van der Waals surface area contributed by atoms with Gasteiger partial charge in [-0.2, -0.15) is 13.2 Å². The third-order valence-corrected chi connectivity index (χ3v) is 5.92. The van der Waals surface area contributed by atoms with E-state index in [0.717, 1.165) is 25.0 Å². The van der Waals surface area contributed by atoms with Gasteiger partial charge in [-0.25, -0.2) is 9.59 Å². The van der Waals surface area contributed by atoms with Gasteiger partial charge in [0.2, 0.25) is 6.29 Å². The number of allylic oxidation sites excluding steroid dienone is 4. The van der Waals surface area contributed by atoms with Crippen LogP contribution in [0, 0.1) is 0 Å². The number of carbonyl (C=O) groups is 3. The molecular formula is C34H61BrF4N3NaO8. The van der Waals surface area contributed by atoms with E-state index in [2.05, 4.69) is 21.2 Å². The summed E-state index contributed by atoms with van der Waals surface area (Å²) in [4.78, 5) is 34.6. The fourth-order valence-corrected chi connectivity index (χ4v) is 3.37. The van der Waals surface area contributed by atoms with Crippen molar-refractivity contribution in [1.29, 1.82) is 0 Å². The smallest absolute Gasteiger partial charge is 1.00 e. The van der Waals surface area contributed by atoms with Crippen molar-refractivity contribution >= 4 is 34.4 Å². The number of hydrogen-bond donors (Lipinski definition) is 2. The molecule has 0 aromatic rings. The molecule has 3 rings (SSSR count). The summed E-state index contributed by atoms with van der Waals surface area (Å²) in [7, 11) is -1.00. The van der Waals surface area contributed by atoms with Crippen LogP contribution in [0.25, 0.3) is 0 Å². The van der Waals surface area contributed by atoms with E-state index < -0.39 is 30.8 Å². The van der Waals surface area contributed by atoms with Crippen LogP contribution in [-0.2, 0) is 23.7 Å². The largest absolute Gasteiger partial charge is 1.00 e. The third-order valence-electron chi connectivity index (χ3n) is 5.54. The number of nitrogens with one attached hydrogen (secondary N) is 1. The molecule has 2 N–H and O–H groups in total. The molecule has 51 heavy (non-hydrogen) atoms. The van der Waals surface area contributed by atoms with Crippen LogP contribution in [0.2, 0.25) is 0 Å². The standard InChI is InChI=1S/C12H21NO3.C8H15NO3.C7H13NO.C4H7Br.C2HF3O.CH3F.Na.H/c1-5-6-7-15-10-8-13(9-10)11(14)16-12(2,3)4;1-8(2,3)12-7(11)9-4-6(10)5-9;1-2-3-4-9-7-5-8-6-7;1-2-3-4-5;3-2(4,5)1-6;1-2;;/h5-6,10H,7-9H2,1-4H3;6,10H,4-5H2,1-3H3;2-3,7-8H,4-6H2,1H3;2-3H,4H2,1H3;1H;1H3;;/q;;;;;;+1;-1/b6-5+;;2*3-2+;;;;/i;;;;;1D;;. The van der Waals surface area contributed by atoms with Crippen LogP contribution in [0.4, 0.5) is 27.2 Å². The Morgan fingerprint density at radius 3 is 1.43 bits per heavy atom. The molecule has 3 saturated heterocycles. The van der Waals surface area contributed by atoms with E-state index in [4.69, 9.17) is 30.2 Å². The van der Waals surface area contributed by atoms with E-state index in [1.54, 1.807) is 4.90 Å². The second kappa shape index (κ2) is 31.9. The molecule has 0 atom stereocenters. The number of likely N-dealkylation sites (tertiary alicyclic amines) is 2. The summed E-state index contributed by atoms with van der Waals surface area (Å²) >= 11 is 3.22. The number of hydrogen-bond acceptors (Lipinski definition) is 9.